The van der Waals surface area contributed by atoms with Crippen LogP contribution in [0.3, 0.4) is 0 Å². The van der Waals surface area contributed by atoms with Crippen LogP contribution in [0.15, 0.2) is 48.5 Å². The van der Waals surface area contributed by atoms with Crippen LogP contribution in [-0.4, -0.2) is 15.0 Å². The lowest BCUT2D eigenvalue weighted by Gasteiger charge is -2.20. The Morgan fingerprint density at radius 1 is 0.344 bits per heavy atom. The zero-order valence-corrected chi connectivity index (χ0v) is 42.4. The summed E-state index contributed by atoms with van der Waals surface area (Å²) in [5, 5.41) is 7.59. The molecule has 0 fully saturated rings. The fourth-order valence-electron chi connectivity index (χ4n) is 9.46. The molecule has 0 saturated carbocycles. The SMILES string of the molecule is CCCCCCc1cc(Nc2nc(Nc3cc(CCCCCC)c(CCCCCC)c(CCCCCC)c3)nc(-c3ccc(CC)cc3)n2)cc(CCCCCC)c1CCCCCC. The van der Waals surface area contributed by atoms with Crippen molar-refractivity contribution in [3.05, 3.63) is 87.5 Å². The molecule has 0 radical (unpaired) electrons. The minimum atomic E-state index is 0.601. The van der Waals surface area contributed by atoms with Crippen LogP contribution in [0.2, 0.25) is 0 Å². The lowest BCUT2D eigenvalue weighted by atomic mass is 9.89. The van der Waals surface area contributed by atoms with E-state index in [1.807, 2.05) is 0 Å². The summed E-state index contributed by atoms with van der Waals surface area (Å²) in [5.74, 6) is 1.90. The number of nitrogens with one attached hydrogen (secondary N) is 2. The summed E-state index contributed by atoms with van der Waals surface area (Å²) in [6.07, 6.45) is 38.6. The Bertz CT molecular complexity index is 1670. The van der Waals surface area contributed by atoms with Crippen molar-refractivity contribution in [3.8, 4) is 11.4 Å². The van der Waals surface area contributed by atoms with E-state index >= 15 is 0 Å². The zero-order valence-electron chi connectivity index (χ0n) is 42.4. The average molecular weight is 872 g/mol. The van der Waals surface area contributed by atoms with Gasteiger partial charge in [-0.15, -0.1) is 0 Å². The van der Waals surface area contributed by atoms with Crippen LogP contribution in [-0.2, 0) is 44.9 Å². The Morgan fingerprint density at radius 3 is 0.953 bits per heavy atom. The molecule has 0 amide bonds. The Balaban J connectivity index is 1.80. The van der Waals surface area contributed by atoms with Gasteiger partial charge < -0.3 is 10.6 Å². The average Bonchev–Trinajstić information content (AvgIpc) is 3.30. The molecule has 1 heterocycles. The number of anilines is 4. The molecule has 1 aromatic heterocycles. The lowest BCUT2D eigenvalue weighted by Crippen LogP contribution is -2.09. The van der Waals surface area contributed by atoms with Gasteiger partial charge in [-0.1, -0.05) is 188 Å². The number of rotatable bonds is 36. The van der Waals surface area contributed by atoms with Crippen molar-refractivity contribution < 1.29 is 0 Å². The van der Waals surface area contributed by atoms with Gasteiger partial charge in [0.25, 0.3) is 0 Å². The molecule has 3 aromatic carbocycles. The standard InChI is InChI=1S/C59H93N5/c1-8-15-21-27-33-49-43-53(44-50(34-28-22-16-9-2)55(49)37-31-25-19-12-5)60-58-62-57(48-41-39-47(14-7)40-42-48)63-59(64-58)61-54-45-51(35-29-23-17-10-3)56(38-32-26-20-13-6)52(46-54)36-30-24-18-11-4/h39-46H,8-38H2,1-7H3,(H2,60,61,62,63,64). The second-order valence-corrected chi connectivity index (χ2v) is 19.0. The first-order chi connectivity index (χ1) is 31.5. The highest BCUT2D eigenvalue weighted by atomic mass is 15.2. The van der Waals surface area contributed by atoms with Crippen molar-refractivity contribution in [2.75, 3.05) is 10.6 Å². The minimum absolute atomic E-state index is 0.601. The van der Waals surface area contributed by atoms with E-state index in [0.29, 0.717) is 17.7 Å². The van der Waals surface area contributed by atoms with Crippen LogP contribution in [0.25, 0.3) is 11.4 Å². The zero-order chi connectivity index (χ0) is 45.6. The van der Waals surface area contributed by atoms with Gasteiger partial charge in [0.15, 0.2) is 5.82 Å². The van der Waals surface area contributed by atoms with E-state index in [4.69, 9.17) is 15.0 Å². The highest BCUT2D eigenvalue weighted by Crippen LogP contribution is 2.32. The van der Waals surface area contributed by atoms with Crippen LogP contribution in [0.4, 0.5) is 23.3 Å². The summed E-state index contributed by atoms with van der Waals surface area (Å²) in [4.78, 5) is 15.5. The third kappa shape index (κ3) is 19.0. The van der Waals surface area contributed by atoms with Crippen molar-refractivity contribution in [2.24, 2.45) is 0 Å². The molecule has 0 bridgehead atoms. The number of aromatic nitrogens is 3. The smallest absolute Gasteiger partial charge is 0.232 e. The van der Waals surface area contributed by atoms with E-state index in [0.717, 1.165) is 49.0 Å². The summed E-state index contributed by atoms with van der Waals surface area (Å²) in [6.45, 7) is 16.1. The number of nitrogens with zero attached hydrogens (tertiary/aromatic N) is 3. The Kier molecular flexibility index (Phi) is 26.5. The summed E-state index contributed by atoms with van der Waals surface area (Å²) in [7, 11) is 0. The van der Waals surface area contributed by atoms with Gasteiger partial charge in [0.05, 0.1) is 0 Å². The van der Waals surface area contributed by atoms with Gasteiger partial charge in [-0.05, 0) is 147 Å². The van der Waals surface area contributed by atoms with E-state index < -0.39 is 0 Å². The van der Waals surface area contributed by atoms with Crippen LogP contribution in [0, 0.1) is 0 Å². The fraction of sp³-hybridized carbons (Fsp3) is 0.644. The lowest BCUT2D eigenvalue weighted by molar-refractivity contribution is 0.639. The summed E-state index contributed by atoms with van der Waals surface area (Å²) in [6, 6.07) is 18.5. The number of aryl methyl sites for hydroxylation is 5. The molecule has 2 N–H and O–H groups in total. The first-order valence-electron chi connectivity index (χ1n) is 27.1. The molecule has 0 aliphatic rings. The van der Waals surface area contributed by atoms with Crippen LogP contribution in [0.1, 0.15) is 242 Å². The van der Waals surface area contributed by atoms with Gasteiger partial charge >= 0.3 is 0 Å². The summed E-state index contributed by atoms with van der Waals surface area (Å²) in [5.41, 5.74) is 13.9. The molecular formula is C59H93N5. The second kappa shape index (κ2) is 32.0. The maximum Gasteiger partial charge on any atom is 0.232 e. The topological polar surface area (TPSA) is 62.7 Å². The predicted molar refractivity (Wildman–Crippen MR) is 281 cm³/mol. The predicted octanol–water partition coefficient (Wildman–Crippen LogP) is 18.3. The Labute approximate surface area is 393 Å². The monoisotopic (exact) mass is 872 g/mol. The van der Waals surface area contributed by atoms with Crippen molar-refractivity contribution in [1.82, 2.24) is 15.0 Å². The fourth-order valence-corrected chi connectivity index (χ4v) is 9.46. The van der Waals surface area contributed by atoms with Crippen molar-refractivity contribution >= 4 is 23.3 Å². The molecule has 64 heavy (non-hydrogen) atoms. The molecule has 0 saturated heterocycles. The third-order valence-corrected chi connectivity index (χ3v) is 13.4. The van der Waals surface area contributed by atoms with Gasteiger partial charge in [0.2, 0.25) is 11.9 Å². The molecule has 354 valence electrons. The van der Waals surface area contributed by atoms with Crippen LogP contribution in [0.5, 0.6) is 0 Å². The molecule has 0 unspecified atom stereocenters. The number of hydrogen-bond acceptors (Lipinski definition) is 5. The van der Waals surface area contributed by atoms with Gasteiger partial charge in [-0.3, -0.25) is 0 Å². The maximum absolute atomic E-state index is 5.19. The van der Waals surface area contributed by atoms with E-state index in [1.165, 1.54) is 195 Å². The molecule has 0 aliphatic heterocycles. The Hall–Kier alpha value is -3.73. The number of unbranched alkanes of at least 4 members (excludes halogenated alkanes) is 18. The van der Waals surface area contributed by atoms with Crippen LogP contribution >= 0.6 is 0 Å². The molecule has 5 heteroatoms. The molecule has 5 nitrogen and oxygen atoms in total. The van der Waals surface area contributed by atoms with E-state index in [9.17, 15) is 0 Å². The molecule has 4 aromatic rings. The first kappa shape index (κ1) is 52.9. The first-order valence-corrected chi connectivity index (χ1v) is 27.1. The van der Waals surface area contributed by atoms with Gasteiger partial charge in [0, 0.05) is 16.9 Å². The maximum atomic E-state index is 5.19. The van der Waals surface area contributed by atoms with E-state index in [2.05, 4.69) is 108 Å². The minimum Gasteiger partial charge on any atom is -0.324 e. The van der Waals surface area contributed by atoms with Crippen LogP contribution < -0.4 is 10.6 Å². The van der Waals surface area contributed by atoms with Gasteiger partial charge in [0.1, 0.15) is 0 Å². The Morgan fingerprint density at radius 2 is 0.656 bits per heavy atom. The van der Waals surface area contributed by atoms with E-state index in [-0.39, 0.29) is 0 Å². The van der Waals surface area contributed by atoms with Gasteiger partial charge in [-0.2, -0.15) is 15.0 Å². The third-order valence-electron chi connectivity index (χ3n) is 13.4. The normalized spacial score (nSPS) is 11.4. The summed E-state index contributed by atoms with van der Waals surface area (Å²) < 4.78 is 0. The summed E-state index contributed by atoms with van der Waals surface area (Å²) >= 11 is 0. The van der Waals surface area contributed by atoms with Crippen molar-refractivity contribution in [3.63, 3.8) is 0 Å². The highest BCUT2D eigenvalue weighted by Gasteiger charge is 2.17. The van der Waals surface area contributed by atoms with Crippen molar-refractivity contribution in [1.29, 1.82) is 0 Å². The van der Waals surface area contributed by atoms with Crippen molar-refractivity contribution in [2.45, 2.75) is 248 Å². The van der Waals surface area contributed by atoms with Gasteiger partial charge in [-0.25, -0.2) is 0 Å². The van der Waals surface area contributed by atoms with E-state index in [1.54, 1.807) is 11.1 Å². The molecule has 4 rings (SSSR count). The molecule has 0 aliphatic carbocycles. The number of hydrogen-bond donors (Lipinski definition) is 2. The number of benzene rings is 3. The molecule has 0 atom stereocenters. The highest BCUT2D eigenvalue weighted by molar-refractivity contribution is 5.66. The largest absolute Gasteiger partial charge is 0.324 e. The second-order valence-electron chi connectivity index (χ2n) is 19.0. The quantitative estimate of drug-likeness (QED) is 0.0446. The molecular weight excluding hydrogens is 779 g/mol. The molecule has 0 spiro atoms.